The standard InChI is InChI=1S/C18H15N3O/c22-18-14-10-19-7-5-11(14)9-16-17-13(6-8-21(16)18)12-3-1-2-4-15(12)20-17/h1-5,7,10,16,20H,6,8-9H2/t16-/m0/s1. The minimum atomic E-state index is 0.114. The number of aromatic amines is 1. The van der Waals surface area contributed by atoms with Gasteiger partial charge in [0, 0.05) is 35.5 Å². The Morgan fingerprint density at radius 1 is 1.23 bits per heavy atom. The van der Waals surface area contributed by atoms with Crippen LogP contribution in [0.25, 0.3) is 10.9 Å². The first kappa shape index (κ1) is 12.0. The molecule has 2 aromatic heterocycles. The number of nitrogens with one attached hydrogen (secondary N) is 1. The number of carbonyl (C=O) groups excluding carboxylic acids is 1. The molecule has 0 fully saturated rings. The Kier molecular flexibility index (Phi) is 2.28. The summed E-state index contributed by atoms with van der Waals surface area (Å²) in [5.41, 5.74) is 5.62. The highest BCUT2D eigenvalue weighted by Crippen LogP contribution is 2.39. The van der Waals surface area contributed by atoms with Crippen LogP contribution >= 0.6 is 0 Å². The summed E-state index contributed by atoms with van der Waals surface area (Å²) in [6.07, 6.45) is 5.26. The average Bonchev–Trinajstić information content (AvgIpc) is 2.94. The van der Waals surface area contributed by atoms with Crippen LogP contribution in [0, 0.1) is 0 Å². The predicted octanol–water partition coefficient (Wildman–Crippen LogP) is 2.86. The van der Waals surface area contributed by atoms with Gasteiger partial charge in [0.2, 0.25) is 0 Å². The highest BCUT2D eigenvalue weighted by molar-refractivity contribution is 5.97. The van der Waals surface area contributed by atoms with Gasteiger partial charge in [0.1, 0.15) is 0 Å². The molecule has 5 rings (SSSR count). The fourth-order valence-corrected chi connectivity index (χ4v) is 3.93. The summed E-state index contributed by atoms with van der Waals surface area (Å²) in [7, 11) is 0. The average molecular weight is 289 g/mol. The first-order chi connectivity index (χ1) is 10.8. The number of carbonyl (C=O) groups is 1. The Hall–Kier alpha value is -2.62. The van der Waals surface area contributed by atoms with E-state index in [1.807, 2.05) is 11.0 Å². The molecule has 108 valence electrons. The summed E-state index contributed by atoms with van der Waals surface area (Å²) in [5.74, 6) is 0.114. The second-order valence-electron chi connectivity index (χ2n) is 6.06. The largest absolute Gasteiger partial charge is 0.356 e. The van der Waals surface area contributed by atoms with Crippen LogP contribution in [-0.2, 0) is 12.8 Å². The van der Waals surface area contributed by atoms with Crippen LogP contribution in [0.5, 0.6) is 0 Å². The third-order valence-corrected chi connectivity index (χ3v) is 4.97. The summed E-state index contributed by atoms with van der Waals surface area (Å²) >= 11 is 0. The third-order valence-electron chi connectivity index (χ3n) is 4.97. The molecule has 0 spiro atoms. The van der Waals surface area contributed by atoms with Crippen molar-refractivity contribution in [2.75, 3.05) is 6.54 Å². The maximum absolute atomic E-state index is 12.7. The van der Waals surface area contributed by atoms with Crippen molar-refractivity contribution in [2.24, 2.45) is 0 Å². The van der Waals surface area contributed by atoms with Crippen molar-refractivity contribution in [2.45, 2.75) is 18.9 Å². The lowest BCUT2D eigenvalue weighted by Crippen LogP contribution is -2.44. The lowest BCUT2D eigenvalue weighted by molar-refractivity contribution is 0.0627. The van der Waals surface area contributed by atoms with Crippen molar-refractivity contribution < 1.29 is 4.79 Å². The van der Waals surface area contributed by atoms with Crippen LogP contribution in [0.4, 0.5) is 0 Å². The SMILES string of the molecule is O=C1c2cnccc2C[C@H]2c3[nH]c4ccccc4c3CCN12. The number of hydrogen-bond acceptors (Lipinski definition) is 2. The van der Waals surface area contributed by atoms with Crippen LogP contribution < -0.4 is 0 Å². The van der Waals surface area contributed by atoms with Gasteiger partial charge in [0.15, 0.2) is 0 Å². The van der Waals surface area contributed by atoms with Crippen molar-refractivity contribution in [3.05, 3.63) is 65.1 Å². The number of amides is 1. The molecule has 4 heteroatoms. The first-order valence-electron chi connectivity index (χ1n) is 7.66. The molecule has 0 bridgehead atoms. The van der Waals surface area contributed by atoms with Gasteiger partial charge in [-0.15, -0.1) is 0 Å². The van der Waals surface area contributed by atoms with E-state index in [1.54, 1.807) is 12.4 Å². The molecule has 0 saturated heterocycles. The van der Waals surface area contributed by atoms with E-state index in [4.69, 9.17) is 0 Å². The van der Waals surface area contributed by atoms with E-state index < -0.39 is 0 Å². The second kappa shape index (κ2) is 4.19. The molecule has 22 heavy (non-hydrogen) atoms. The highest BCUT2D eigenvalue weighted by atomic mass is 16.2. The zero-order chi connectivity index (χ0) is 14.7. The van der Waals surface area contributed by atoms with Crippen molar-refractivity contribution in [3.63, 3.8) is 0 Å². The van der Waals surface area contributed by atoms with Gasteiger partial charge < -0.3 is 9.88 Å². The Labute approximate surface area is 127 Å². The fourth-order valence-electron chi connectivity index (χ4n) is 3.93. The summed E-state index contributed by atoms with van der Waals surface area (Å²) in [5, 5.41) is 1.30. The van der Waals surface area contributed by atoms with Crippen molar-refractivity contribution in [1.29, 1.82) is 0 Å². The molecular formula is C18H15N3O. The van der Waals surface area contributed by atoms with Crippen molar-refractivity contribution >= 4 is 16.8 Å². The number of benzene rings is 1. The summed E-state index contributed by atoms with van der Waals surface area (Å²) in [6, 6.07) is 10.5. The topological polar surface area (TPSA) is 49.0 Å². The molecule has 4 nitrogen and oxygen atoms in total. The van der Waals surface area contributed by atoms with Gasteiger partial charge in [-0.2, -0.15) is 0 Å². The maximum atomic E-state index is 12.7. The number of hydrogen-bond donors (Lipinski definition) is 1. The van der Waals surface area contributed by atoms with Crippen LogP contribution in [0.2, 0.25) is 0 Å². The molecule has 2 aliphatic rings. The third kappa shape index (κ3) is 1.47. The van der Waals surface area contributed by atoms with Gasteiger partial charge in [-0.05, 0) is 36.1 Å². The van der Waals surface area contributed by atoms with E-state index >= 15 is 0 Å². The molecule has 0 unspecified atom stereocenters. The normalized spacial score (nSPS) is 19.7. The number of H-pyrrole nitrogens is 1. The van der Waals surface area contributed by atoms with Crippen LogP contribution in [0.15, 0.2) is 42.7 Å². The molecular weight excluding hydrogens is 274 g/mol. The van der Waals surface area contributed by atoms with E-state index in [9.17, 15) is 4.79 Å². The van der Waals surface area contributed by atoms with Gasteiger partial charge in [-0.1, -0.05) is 18.2 Å². The molecule has 1 N–H and O–H groups in total. The van der Waals surface area contributed by atoms with Gasteiger partial charge in [0.05, 0.1) is 11.6 Å². The molecule has 0 saturated carbocycles. The molecule has 1 aromatic carbocycles. The molecule has 3 aromatic rings. The zero-order valence-corrected chi connectivity index (χ0v) is 12.0. The Bertz CT molecular complexity index is 912. The summed E-state index contributed by atoms with van der Waals surface area (Å²) in [6.45, 7) is 0.784. The monoisotopic (exact) mass is 289 g/mol. The van der Waals surface area contributed by atoms with E-state index in [2.05, 4.69) is 34.2 Å². The van der Waals surface area contributed by atoms with E-state index in [-0.39, 0.29) is 11.9 Å². The van der Waals surface area contributed by atoms with E-state index in [0.717, 1.165) is 30.5 Å². The van der Waals surface area contributed by atoms with E-state index in [0.29, 0.717) is 0 Å². The van der Waals surface area contributed by atoms with Crippen molar-refractivity contribution in [3.8, 4) is 0 Å². The second-order valence-corrected chi connectivity index (χ2v) is 6.06. The number of rotatable bonds is 0. The molecule has 2 aliphatic heterocycles. The fraction of sp³-hybridized carbons (Fsp3) is 0.222. The highest BCUT2D eigenvalue weighted by Gasteiger charge is 2.38. The van der Waals surface area contributed by atoms with Gasteiger partial charge in [-0.3, -0.25) is 9.78 Å². The lowest BCUT2D eigenvalue weighted by atomic mass is 9.87. The van der Waals surface area contributed by atoms with Crippen LogP contribution in [-0.4, -0.2) is 27.3 Å². The zero-order valence-electron chi connectivity index (χ0n) is 12.0. The maximum Gasteiger partial charge on any atom is 0.256 e. The first-order valence-corrected chi connectivity index (χ1v) is 7.66. The molecule has 0 radical (unpaired) electrons. The van der Waals surface area contributed by atoms with E-state index in [1.165, 1.54) is 22.2 Å². The Morgan fingerprint density at radius 2 is 2.14 bits per heavy atom. The van der Waals surface area contributed by atoms with Crippen LogP contribution in [0.1, 0.15) is 33.2 Å². The van der Waals surface area contributed by atoms with Gasteiger partial charge in [0.25, 0.3) is 5.91 Å². The van der Waals surface area contributed by atoms with Gasteiger partial charge in [-0.25, -0.2) is 0 Å². The quantitative estimate of drug-likeness (QED) is 0.692. The number of para-hydroxylation sites is 1. The minimum absolute atomic E-state index is 0.114. The van der Waals surface area contributed by atoms with Gasteiger partial charge >= 0.3 is 0 Å². The van der Waals surface area contributed by atoms with Crippen molar-refractivity contribution in [1.82, 2.24) is 14.9 Å². The number of fused-ring (bicyclic) bond motifs is 6. The number of aromatic nitrogens is 2. The molecule has 0 aliphatic carbocycles. The minimum Gasteiger partial charge on any atom is -0.356 e. The smallest absolute Gasteiger partial charge is 0.256 e. The lowest BCUT2D eigenvalue weighted by Gasteiger charge is -2.39. The Balaban J connectivity index is 1.71. The Morgan fingerprint density at radius 3 is 3.09 bits per heavy atom. The molecule has 1 atom stereocenters. The summed E-state index contributed by atoms with van der Waals surface area (Å²) < 4.78 is 0. The molecule has 1 amide bonds. The van der Waals surface area contributed by atoms with Crippen LogP contribution in [0.3, 0.4) is 0 Å². The predicted molar refractivity (Wildman–Crippen MR) is 83.7 cm³/mol. The molecule has 4 heterocycles. The number of pyridine rings is 1. The summed E-state index contributed by atoms with van der Waals surface area (Å²) in [4.78, 5) is 22.4. The number of nitrogens with zero attached hydrogens (tertiary/aromatic N) is 2.